The number of nitrogens with two attached hydrogens (primary N) is 1. The minimum atomic E-state index is 0.232. The Kier molecular flexibility index (Phi) is 3.15. The van der Waals surface area contributed by atoms with Crippen molar-refractivity contribution >= 4 is 11.5 Å². The van der Waals surface area contributed by atoms with Gasteiger partial charge in [-0.15, -0.1) is 0 Å². The molecule has 0 spiro atoms. The molecule has 6 nitrogen and oxygen atoms in total. The zero-order valence-corrected chi connectivity index (χ0v) is 10.2. The summed E-state index contributed by atoms with van der Waals surface area (Å²) in [4.78, 5) is 6.05. The quantitative estimate of drug-likeness (QED) is 0.877. The number of nitrogen functional groups attached to an aromatic ring is 1. The first-order chi connectivity index (χ1) is 8.60. The van der Waals surface area contributed by atoms with E-state index in [0.717, 1.165) is 11.5 Å². The Hall–Kier alpha value is -2.55. The number of hydrogen-bond donors (Lipinski definition) is 1. The lowest BCUT2D eigenvalue weighted by Gasteiger charge is -2.16. The Bertz CT molecular complexity index is 599. The summed E-state index contributed by atoms with van der Waals surface area (Å²) in [7, 11) is 1.86. The summed E-state index contributed by atoms with van der Waals surface area (Å²) in [6.07, 6.45) is 0. The third-order valence-corrected chi connectivity index (χ3v) is 2.48. The van der Waals surface area contributed by atoms with Crippen LogP contribution in [-0.4, -0.2) is 17.2 Å². The van der Waals surface area contributed by atoms with E-state index in [1.165, 1.54) is 0 Å². The lowest BCUT2D eigenvalue weighted by Crippen LogP contribution is -2.18. The Morgan fingerprint density at radius 1 is 1.50 bits per heavy atom. The van der Waals surface area contributed by atoms with E-state index < -0.39 is 0 Å². The maximum Gasteiger partial charge on any atom is 0.165 e. The maximum absolute atomic E-state index is 8.88. The second-order valence-corrected chi connectivity index (χ2v) is 4.00. The van der Waals surface area contributed by atoms with E-state index >= 15 is 0 Å². The van der Waals surface area contributed by atoms with Gasteiger partial charge in [-0.2, -0.15) is 5.26 Å². The van der Waals surface area contributed by atoms with Crippen LogP contribution < -0.4 is 10.6 Å². The van der Waals surface area contributed by atoms with Crippen LogP contribution in [0.15, 0.2) is 22.7 Å². The molecule has 0 saturated heterocycles. The molecule has 0 aliphatic rings. The van der Waals surface area contributed by atoms with E-state index in [0.29, 0.717) is 18.1 Å². The number of pyridine rings is 1. The van der Waals surface area contributed by atoms with Crippen LogP contribution in [0.1, 0.15) is 17.1 Å². The van der Waals surface area contributed by atoms with Gasteiger partial charge in [-0.3, -0.25) is 0 Å². The Balaban J connectivity index is 2.19. The number of rotatable bonds is 3. The summed E-state index contributed by atoms with van der Waals surface area (Å²) in [6.45, 7) is 2.39. The van der Waals surface area contributed by atoms with Crippen LogP contribution in [-0.2, 0) is 6.54 Å². The molecule has 18 heavy (non-hydrogen) atoms. The van der Waals surface area contributed by atoms with Crippen molar-refractivity contribution < 1.29 is 4.52 Å². The van der Waals surface area contributed by atoms with Gasteiger partial charge >= 0.3 is 0 Å². The lowest BCUT2D eigenvalue weighted by molar-refractivity contribution is 0.390. The summed E-state index contributed by atoms with van der Waals surface area (Å²) < 4.78 is 5.00. The van der Waals surface area contributed by atoms with Crippen LogP contribution in [0.25, 0.3) is 0 Å². The summed E-state index contributed by atoms with van der Waals surface area (Å²) in [6, 6.07) is 7.26. The molecule has 0 amide bonds. The van der Waals surface area contributed by atoms with Crippen molar-refractivity contribution in [2.75, 3.05) is 17.7 Å². The van der Waals surface area contributed by atoms with Crippen LogP contribution in [0.5, 0.6) is 0 Å². The van der Waals surface area contributed by atoms with E-state index in [9.17, 15) is 0 Å². The van der Waals surface area contributed by atoms with E-state index in [2.05, 4.69) is 10.1 Å². The molecule has 0 atom stereocenters. The largest absolute Gasteiger partial charge is 0.396 e. The molecule has 0 unspecified atom stereocenters. The molecular formula is C12H13N5O. The maximum atomic E-state index is 8.88. The van der Waals surface area contributed by atoms with E-state index in [1.807, 2.05) is 31.0 Å². The molecule has 0 bridgehead atoms. The fourth-order valence-electron chi connectivity index (χ4n) is 1.58. The molecule has 2 heterocycles. The van der Waals surface area contributed by atoms with Crippen molar-refractivity contribution in [2.45, 2.75) is 13.5 Å². The fourth-order valence-corrected chi connectivity index (χ4v) is 1.58. The van der Waals surface area contributed by atoms with Gasteiger partial charge in [0.1, 0.15) is 23.3 Å². The standard InChI is InChI=1S/C12H13N5O/c1-8-5-9(16-18-8)7-17(2)12-4-3-10(14)11(6-13)15-12/h3-5H,7,14H2,1-2H3. The normalized spacial score (nSPS) is 10.1. The average molecular weight is 243 g/mol. The highest BCUT2D eigenvalue weighted by Crippen LogP contribution is 2.17. The molecule has 92 valence electrons. The second kappa shape index (κ2) is 4.75. The van der Waals surface area contributed by atoms with Gasteiger partial charge in [0.05, 0.1) is 12.2 Å². The first-order valence-electron chi connectivity index (χ1n) is 5.40. The smallest absolute Gasteiger partial charge is 0.165 e. The molecule has 2 aromatic rings. The van der Waals surface area contributed by atoms with Gasteiger partial charge in [0, 0.05) is 13.1 Å². The minimum Gasteiger partial charge on any atom is -0.396 e. The van der Waals surface area contributed by atoms with Gasteiger partial charge in [-0.1, -0.05) is 5.16 Å². The van der Waals surface area contributed by atoms with Crippen LogP contribution in [0.2, 0.25) is 0 Å². The molecule has 0 fully saturated rings. The third kappa shape index (κ3) is 2.40. The van der Waals surface area contributed by atoms with Crippen molar-refractivity contribution in [1.29, 1.82) is 5.26 Å². The van der Waals surface area contributed by atoms with Crippen LogP contribution in [0, 0.1) is 18.3 Å². The SMILES string of the molecule is Cc1cc(CN(C)c2ccc(N)c(C#N)n2)no1. The number of aryl methyl sites for hydroxylation is 1. The van der Waals surface area contributed by atoms with Crippen molar-refractivity contribution in [3.8, 4) is 6.07 Å². The molecule has 0 aliphatic heterocycles. The second-order valence-electron chi connectivity index (χ2n) is 4.00. The van der Waals surface area contributed by atoms with E-state index in [-0.39, 0.29) is 5.69 Å². The number of anilines is 2. The van der Waals surface area contributed by atoms with Gasteiger partial charge < -0.3 is 15.2 Å². The molecule has 2 N–H and O–H groups in total. The monoisotopic (exact) mass is 243 g/mol. The summed E-state index contributed by atoms with van der Waals surface area (Å²) >= 11 is 0. The van der Waals surface area contributed by atoms with Crippen LogP contribution >= 0.6 is 0 Å². The molecule has 2 aromatic heterocycles. The lowest BCUT2D eigenvalue weighted by atomic mass is 10.3. The van der Waals surface area contributed by atoms with Gasteiger partial charge in [0.15, 0.2) is 5.69 Å². The Morgan fingerprint density at radius 3 is 2.89 bits per heavy atom. The molecular weight excluding hydrogens is 230 g/mol. The molecule has 0 aromatic carbocycles. The van der Waals surface area contributed by atoms with Crippen LogP contribution in [0.3, 0.4) is 0 Å². The van der Waals surface area contributed by atoms with Crippen molar-refractivity contribution in [1.82, 2.24) is 10.1 Å². The predicted molar refractivity (Wildman–Crippen MR) is 66.7 cm³/mol. The van der Waals surface area contributed by atoms with Gasteiger partial charge in [-0.25, -0.2) is 4.98 Å². The first kappa shape index (κ1) is 11.9. The Labute approximate surface area is 105 Å². The number of nitrogens with zero attached hydrogens (tertiary/aromatic N) is 4. The minimum absolute atomic E-state index is 0.232. The number of nitriles is 1. The van der Waals surface area contributed by atoms with Gasteiger partial charge in [0.25, 0.3) is 0 Å². The summed E-state index contributed by atoms with van der Waals surface area (Å²) in [5.74, 6) is 1.43. The summed E-state index contributed by atoms with van der Waals surface area (Å²) in [5, 5.41) is 12.8. The molecule has 2 rings (SSSR count). The highest BCUT2D eigenvalue weighted by Gasteiger charge is 2.09. The van der Waals surface area contributed by atoms with Crippen molar-refractivity contribution in [2.24, 2.45) is 0 Å². The van der Waals surface area contributed by atoms with E-state index in [1.54, 1.807) is 12.1 Å². The fraction of sp³-hybridized carbons (Fsp3) is 0.250. The van der Waals surface area contributed by atoms with Crippen LogP contribution in [0.4, 0.5) is 11.5 Å². The predicted octanol–water partition coefficient (Wildman–Crippen LogP) is 1.47. The van der Waals surface area contributed by atoms with Crippen molar-refractivity contribution in [3.63, 3.8) is 0 Å². The van der Waals surface area contributed by atoms with Crippen molar-refractivity contribution in [3.05, 3.63) is 35.3 Å². The molecule has 0 saturated carbocycles. The highest BCUT2D eigenvalue weighted by atomic mass is 16.5. The topological polar surface area (TPSA) is 92.0 Å². The van der Waals surface area contributed by atoms with Gasteiger partial charge in [-0.05, 0) is 19.1 Å². The third-order valence-electron chi connectivity index (χ3n) is 2.48. The summed E-state index contributed by atoms with van der Waals surface area (Å²) in [5.41, 5.74) is 7.05. The molecule has 6 heteroatoms. The zero-order chi connectivity index (χ0) is 13.1. The Morgan fingerprint density at radius 2 is 2.28 bits per heavy atom. The zero-order valence-electron chi connectivity index (χ0n) is 10.2. The molecule has 0 aliphatic carbocycles. The van der Waals surface area contributed by atoms with E-state index in [4.69, 9.17) is 15.5 Å². The molecule has 0 radical (unpaired) electrons. The van der Waals surface area contributed by atoms with Gasteiger partial charge in [0.2, 0.25) is 0 Å². The number of hydrogen-bond acceptors (Lipinski definition) is 6. The first-order valence-corrected chi connectivity index (χ1v) is 5.40. The number of aromatic nitrogens is 2. The average Bonchev–Trinajstić information content (AvgIpc) is 2.75. The highest BCUT2D eigenvalue weighted by molar-refractivity contribution is 5.55.